The first-order chi connectivity index (χ1) is 38.0. The van der Waals surface area contributed by atoms with Gasteiger partial charge in [0.2, 0.25) is 5.79 Å². The van der Waals surface area contributed by atoms with Crippen molar-refractivity contribution in [2.75, 3.05) is 28.1 Å². The van der Waals surface area contributed by atoms with Crippen LogP contribution in [0.1, 0.15) is 156 Å². The Morgan fingerprint density at radius 3 is 2.17 bits per heavy atom. The Labute approximate surface area is 479 Å². The third kappa shape index (κ3) is 18.9. The van der Waals surface area contributed by atoms with Gasteiger partial charge in [-0.2, -0.15) is 0 Å². The highest BCUT2D eigenvalue weighted by atomic mass is 28.4. The molecule has 4 aliphatic heterocycles. The van der Waals surface area contributed by atoms with Crippen LogP contribution in [0.25, 0.3) is 0 Å². The number of carbonyl (C=O) groups excluding carboxylic acids is 3. The van der Waals surface area contributed by atoms with Gasteiger partial charge in [-0.15, -0.1) is 0 Å². The van der Waals surface area contributed by atoms with Gasteiger partial charge in [-0.25, -0.2) is 4.79 Å². The number of fused-ring (bicyclic) bond motifs is 6. The molecule has 3 saturated heterocycles. The van der Waals surface area contributed by atoms with E-state index in [1.807, 2.05) is 87.5 Å². The van der Waals surface area contributed by atoms with Gasteiger partial charge in [0, 0.05) is 50.4 Å². The molecule has 6 bridgehead atoms. The molecule has 11 atom stereocenters. The van der Waals surface area contributed by atoms with Gasteiger partial charge in [-0.3, -0.25) is 9.59 Å². The summed E-state index contributed by atoms with van der Waals surface area (Å²) in [5.74, 6) is -2.61. The van der Waals surface area contributed by atoms with Crippen molar-refractivity contribution in [3.8, 4) is 5.75 Å². The summed E-state index contributed by atoms with van der Waals surface area (Å²) in [4.78, 5) is 42.3. The summed E-state index contributed by atoms with van der Waals surface area (Å²) in [7, 11) is 2.22. The van der Waals surface area contributed by atoms with Crippen molar-refractivity contribution >= 4 is 26.2 Å². The predicted molar refractivity (Wildman–Crippen MR) is 309 cm³/mol. The minimum absolute atomic E-state index is 0.0186. The van der Waals surface area contributed by atoms with Crippen LogP contribution in [0.3, 0.4) is 0 Å². The van der Waals surface area contributed by atoms with Crippen molar-refractivity contribution in [1.29, 1.82) is 0 Å². The van der Waals surface area contributed by atoms with Crippen LogP contribution >= 0.6 is 0 Å². The van der Waals surface area contributed by atoms with Crippen LogP contribution in [0.15, 0.2) is 90.6 Å². The van der Waals surface area contributed by atoms with Crippen LogP contribution in [0, 0.1) is 5.41 Å². The van der Waals surface area contributed by atoms with E-state index in [2.05, 4.69) is 47.4 Å². The molecule has 16 heteroatoms. The molecule has 2 aromatic carbocycles. The Balaban J connectivity index is 1.42. The summed E-state index contributed by atoms with van der Waals surface area (Å²) in [6.45, 7) is 24.2. The lowest BCUT2D eigenvalue weighted by Gasteiger charge is -2.53. The van der Waals surface area contributed by atoms with Crippen molar-refractivity contribution < 1.29 is 70.9 Å². The number of rotatable bonds is 21. The summed E-state index contributed by atoms with van der Waals surface area (Å²) in [6, 6.07) is 17.4. The molecule has 2 aromatic rings. The van der Waals surface area contributed by atoms with Crippen molar-refractivity contribution in [2.24, 2.45) is 5.41 Å². The second kappa shape index (κ2) is 30.4. The standard InChI is InChI=1S/C64H96O15Si/c1-14-15-16-17-21-24-58(65)77-61-48(34-59(66)69-10)33-55-39-57(45(3)73-43-71-41-46-22-19-18-20-23-46)76-60(67)40-51(72-42-47-25-27-49(68-9)28-26-47)35-53-37-56(79-80(12,13)62(4,5)6)38-54(75-53)36-52-32-44(2)31-50(74-52)29-30-63(7,8)64(61,70-11)78-55/h18-20,22-23,25-30,34,45,50-57,61H,2,14-17,21,24,31-33,35-43H2,1,3-13H3/b30-29+,48-34+/t45-,50+,51-,52+,53-,54+,55+,56+,57-,61+,64-/m1/s1. The van der Waals surface area contributed by atoms with E-state index in [0.29, 0.717) is 57.1 Å². The van der Waals surface area contributed by atoms with Gasteiger partial charge in [0.1, 0.15) is 18.6 Å². The average molecular weight is 1130 g/mol. The summed E-state index contributed by atoms with van der Waals surface area (Å²) < 4.78 is 77.9. The largest absolute Gasteiger partial charge is 0.497 e. The molecule has 4 heterocycles. The molecule has 0 N–H and O–H groups in total. The van der Waals surface area contributed by atoms with Crippen molar-refractivity contribution in [1.82, 2.24) is 0 Å². The molecule has 3 fully saturated rings. The molecular weight excluding hydrogens is 1040 g/mol. The van der Waals surface area contributed by atoms with Crippen molar-refractivity contribution in [2.45, 2.75) is 243 Å². The lowest BCUT2D eigenvalue weighted by Crippen LogP contribution is -2.63. The zero-order valence-electron chi connectivity index (χ0n) is 50.3. The van der Waals surface area contributed by atoms with Gasteiger partial charge in [0.15, 0.2) is 14.4 Å². The van der Waals surface area contributed by atoms with Crippen LogP contribution < -0.4 is 4.74 Å². The number of esters is 3. The maximum Gasteiger partial charge on any atom is 0.330 e. The van der Waals surface area contributed by atoms with E-state index in [4.69, 9.17) is 56.5 Å². The van der Waals surface area contributed by atoms with Gasteiger partial charge in [0.05, 0.1) is 76.6 Å². The van der Waals surface area contributed by atoms with Gasteiger partial charge >= 0.3 is 17.9 Å². The van der Waals surface area contributed by atoms with Crippen molar-refractivity contribution in [3.63, 3.8) is 0 Å². The zero-order valence-corrected chi connectivity index (χ0v) is 51.3. The Bertz CT molecular complexity index is 2330. The van der Waals surface area contributed by atoms with Gasteiger partial charge in [-0.1, -0.05) is 134 Å². The predicted octanol–water partition coefficient (Wildman–Crippen LogP) is 12.8. The fraction of sp³-hybridized carbons (Fsp3) is 0.672. The van der Waals surface area contributed by atoms with Crippen LogP contribution in [0.4, 0.5) is 0 Å². The lowest BCUT2D eigenvalue weighted by atomic mass is 9.73. The van der Waals surface area contributed by atoms with Crippen LogP contribution in [-0.4, -0.2) is 121 Å². The average Bonchev–Trinajstić information content (AvgIpc) is 3.59. The molecule has 0 amide bonds. The monoisotopic (exact) mass is 1130 g/mol. The molecule has 6 rings (SSSR count). The van der Waals surface area contributed by atoms with E-state index >= 15 is 0 Å². The fourth-order valence-electron chi connectivity index (χ4n) is 11.1. The van der Waals surface area contributed by atoms with E-state index in [9.17, 15) is 14.4 Å². The summed E-state index contributed by atoms with van der Waals surface area (Å²) >= 11 is 0. The number of benzene rings is 2. The molecule has 0 radical (unpaired) electrons. The molecule has 15 nitrogen and oxygen atoms in total. The van der Waals surface area contributed by atoms with Gasteiger partial charge in [0.25, 0.3) is 0 Å². The molecule has 0 saturated carbocycles. The first-order valence-electron chi connectivity index (χ1n) is 29.3. The Kier molecular flexibility index (Phi) is 24.6. The minimum atomic E-state index is -2.23. The molecule has 0 spiro atoms. The molecule has 0 aromatic heterocycles. The Morgan fingerprint density at radius 1 is 0.812 bits per heavy atom. The first kappa shape index (κ1) is 64.9. The summed E-state index contributed by atoms with van der Waals surface area (Å²) in [5, 5.41) is -0.0186. The SMILES string of the molecule is C=C1C[C@H]2C[C@H]3C[C@@H](O[Si](C)(C)C(C)(C)C)C[C@@H](C[C@@H](OCc4ccc(OC)cc4)CC(=O)O[C@@H]([C@@H](C)OCOCc4ccccc4)C[C@@H]4C/C(=C\C(=O)OC)[C@H](OC(=O)CCCCCCC)[C@@](OC)(O4)C(C)(C)/C=C/[C@@H](C1)O2)O3. The van der Waals surface area contributed by atoms with E-state index < -0.39 is 67.9 Å². The highest BCUT2D eigenvalue weighted by Crippen LogP contribution is 2.50. The maximum absolute atomic E-state index is 14.8. The van der Waals surface area contributed by atoms with E-state index in [1.165, 1.54) is 20.3 Å². The number of cyclic esters (lactones) is 1. The molecule has 0 unspecified atom stereocenters. The second-order valence-electron chi connectivity index (χ2n) is 24.5. The first-order valence-corrected chi connectivity index (χ1v) is 32.2. The number of unbranched alkanes of at least 4 members (excludes halogenated alkanes) is 4. The highest BCUT2D eigenvalue weighted by molar-refractivity contribution is 6.74. The Hall–Kier alpha value is -4.23. The van der Waals surface area contributed by atoms with Crippen molar-refractivity contribution in [3.05, 3.63) is 102 Å². The quantitative estimate of drug-likeness (QED) is 0.0221. The number of methoxy groups -OCH3 is 3. The minimum Gasteiger partial charge on any atom is -0.497 e. The van der Waals surface area contributed by atoms with Gasteiger partial charge < -0.3 is 56.5 Å². The third-order valence-electron chi connectivity index (χ3n) is 16.6. The van der Waals surface area contributed by atoms with E-state index in [0.717, 1.165) is 48.1 Å². The molecular formula is C64H96O15Si. The third-order valence-corrected chi connectivity index (χ3v) is 21.2. The van der Waals surface area contributed by atoms with E-state index in [1.54, 1.807) is 7.11 Å². The number of hydrogen-bond acceptors (Lipinski definition) is 15. The van der Waals surface area contributed by atoms with Crippen LogP contribution in [0.2, 0.25) is 18.1 Å². The van der Waals surface area contributed by atoms with Crippen LogP contribution in [0.5, 0.6) is 5.75 Å². The molecule has 446 valence electrons. The van der Waals surface area contributed by atoms with Gasteiger partial charge in [-0.05, 0) is 92.4 Å². The topological polar surface area (TPSA) is 162 Å². The molecule has 80 heavy (non-hydrogen) atoms. The van der Waals surface area contributed by atoms with E-state index in [-0.39, 0.29) is 74.6 Å². The molecule has 0 aliphatic carbocycles. The summed E-state index contributed by atoms with van der Waals surface area (Å²) in [5.41, 5.74) is 2.29. The normalized spacial score (nSPS) is 29.2. The molecule has 4 aliphatic rings. The maximum atomic E-state index is 14.8. The second-order valence-corrected chi connectivity index (χ2v) is 29.3. The Morgan fingerprint density at radius 2 is 1.50 bits per heavy atom. The smallest absolute Gasteiger partial charge is 0.330 e. The highest BCUT2D eigenvalue weighted by Gasteiger charge is 2.59. The lowest BCUT2D eigenvalue weighted by molar-refractivity contribution is -0.338. The zero-order chi connectivity index (χ0) is 58.1. The fourth-order valence-corrected chi connectivity index (χ4v) is 12.5. The van der Waals surface area contributed by atoms with Crippen LogP contribution in [-0.2, 0) is 79.4 Å². The number of ether oxygens (including phenoxy) is 11. The number of carbonyl (C=O) groups is 3. The summed E-state index contributed by atoms with van der Waals surface area (Å²) in [6.07, 6.45) is 8.38. The number of hydrogen-bond donors (Lipinski definition) is 0.